The van der Waals surface area contributed by atoms with Crippen LogP contribution < -0.4 is 15.4 Å². The van der Waals surface area contributed by atoms with Crippen molar-refractivity contribution in [3.05, 3.63) is 29.8 Å². The van der Waals surface area contributed by atoms with E-state index in [-0.39, 0.29) is 12.5 Å². The van der Waals surface area contributed by atoms with Crippen LogP contribution in [0.3, 0.4) is 0 Å². The number of nitrogens with one attached hydrogen (secondary N) is 2. The van der Waals surface area contributed by atoms with Gasteiger partial charge in [0.05, 0.1) is 7.11 Å². The molecule has 2 N–H and O–H groups in total. The smallest absolute Gasteiger partial charge is 0.343 e. The quantitative estimate of drug-likeness (QED) is 0.677. The Morgan fingerprint density at radius 3 is 2.80 bits per heavy atom. The van der Waals surface area contributed by atoms with Crippen LogP contribution in [0.15, 0.2) is 24.3 Å². The maximum atomic E-state index is 11.5. The van der Waals surface area contributed by atoms with Gasteiger partial charge in [0, 0.05) is 19.5 Å². The molecule has 6 heteroatoms. The molecule has 1 aromatic rings. The fraction of sp³-hybridized carbons (Fsp3) is 0.429. The summed E-state index contributed by atoms with van der Waals surface area (Å²) in [4.78, 5) is 22.4. The summed E-state index contributed by atoms with van der Waals surface area (Å²) in [6.45, 7) is 0.945. The number of ether oxygens (including phenoxy) is 2. The van der Waals surface area contributed by atoms with Crippen LogP contribution in [0.1, 0.15) is 12.0 Å². The lowest BCUT2D eigenvalue weighted by Crippen LogP contribution is -2.26. The van der Waals surface area contributed by atoms with E-state index in [1.165, 1.54) is 7.11 Å². The highest BCUT2D eigenvalue weighted by Gasteiger charge is 2.04. The number of rotatable bonds is 8. The van der Waals surface area contributed by atoms with Crippen LogP contribution in [0.4, 0.5) is 0 Å². The van der Waals surface area contributed by atoms with E-state index >= 15 is 0 Å². The average Bonchev–Trinajstić information content (AvgIpc) is 2.48. The second-order valence-electron chi connectivity index (χ2n) is 4.14. The lowest BCUT2D eigenvalue weighted by Gasteiger charge is -2.08. The number of carbonyl (C=O) groups is 2. The Kier molecular flexibility index (Phi) is 7.13. The number of methoxy groups -OCH3 is 1. The molecule has 1 aromatic carbocycles. The first-order chi connectivity index (χ1) is 9.65. The zero-order chi connectivity index (χ0) is 14.8. The van der Waals surface area contributed by atoms with E-state index in [2.05, 4.69) is 15.4 Å². The minimum absolute atomic E-state index is 0.0137. The first kappa shape index (κ1) is 16.0. The van der Waals surface area contributed by atoms with E-state index in [4.69, 9.17) is 4.74 Å². The Morgan fingerprint density at radius 1 is 1.30 bits per heavy atom. The highest BCUT2D eigenvalue weighted by atomic mass is 16.6. The Hall–Kier alpha value is -2.08. The van der Waals surface area contributed by atoms with E-state index in [9.17, 15) is 9.59 Å². The fourth-order valence-corrected chi connectivity index (χ4v) is 1.47. The van der Waals surface area contributed by atoms with Crippen LogP contribution in [-0.4, -0.2) is 39.2 Å². The van der Waals surface area contributed by atoms with Crippen molar-refractivity contribution in [2.75, 3.05) is 27.3 Å². The molecule has 0 spiro atoms. The molecule has 110 valence electrons. The van der Waals surface area contributed by atoms with Crippen LogP contribution in [-0.2, 0) is 20.9 Å². The molecule has 0 radical (unpaired) electrons. The van der Waals surface area contributed by atoms with Gasteiger partial charge >= 0.3 is 5.97 Å². The van der Waals surface area contributed by atoms with Gasteiger partial charge in [0.15, 0.2) is 6.61 Å². The van der Waals surface area contributed by atoms with Crippen LogP contribution in [0.2, 0.25) is 0 Å². The van der Waals surface area contributed by atoms with Gasteiger partial charge in [-0.25, -0.2) is 4.79 Å². The van der Waals surface area contributed by atoms with Crippen LogP contribution in [0.25, 0.3) is 0 Å². The standard InChI is InChI=1S/C14H20N2O4/c1-15-7-6-13(17)16-9-11-4-3-5-12(8-11)20-10-14(18)19-2/h3-5,8,15H,6-7,9-10H2,1-2H3,(H,16,17). The van der Waals surface area contributed by atoms with Crippen molar-refractivity contribution >= 4 is 11.9 Å². The van der Waals surface area contributed by atoms with Crippen molar-refractivity contribution in [2.24, 2.45) is 0 Å². The first-order valence-corrected chi connectivity index (χ1v) is 6.35. The molecule has 0 aliphatic rings. The molecule has 1 amide bonds. The van der Waals surface area contributed by atoms with Crippen LogP contribution in [0.5, 0.6) is 5.75 Å². The second-order valence-corrected chi connectivity index (χ2v) is 4.14. The van der Waals surface area contributed by atoms with Crippen molar-refractivity contribution in [3.8, 4) is 5.75 Å². The lowest BCUT2D eigenvalue weighted by atomic mass is 10.2. The predicted octanol–water partition coefficient (Wildman–Crippen LogP) is 0.464. The SMILES string of the molecule is CNCCC(=O)NCc1cccc(OCC(=O)OC)c1. The van der Waals surface area contributed by atoms with Gasteiger partial charge in [0.25, 0.3) is 0 Å². The van der Waals surface area contributed by atoms with Crippen molar-refractivity contribution in [3.63, 3.8) is 0 Å². The first-order valence-electron chi connectivity index (χ1n) is 6.35. The molecule has 6 nitrogen and oxygen atoms in total. The molecule has 1 rings (SSSR count). The maximum Gasteiger partial charge on any atom is 0.343 e. The highest BCUT2D eigenvalue weighted by Crippen LogP contribution is 2.13. The average molecular weight is 280 g/mol. The topological polar surface area (TPSA) is 76.7 Å². The summed E-state index contributed by atoms with van der Waals surface area (Å²) in [5, 5.41) is 5.73. The Bertz CT molecular complexity index is 449. The number of benzene rings is 1. The summed E-state index contributed by atoms with van der Waals surface area (Å²) >= 11 is 0. The zero-order valence-electron chi connectivity index (χ0n) is 11.8. The third-order valence-corrected chi connectivity index (χ3v) is 2.57. The third-order valence-electron chi connectivity index (χ3n) is 2.57. The summed E-state index contributed by atoms with van der Waals surface area (Å²) < 4.78 is 9.77. The van der Waals surface area contributed by atoms with Gasteiger partial charge in [-0.15, -0.1) is 0 Å². The molecule has 0 bridgehead atoms. The maximum absolute atomic E-state index is 11.5. The normalized spacial score (nSPS) is 9.90. The van der Waals surface area contributed by atoms with Crippen molar-refractivity contribution < 1.29 is 19.1 Å². The Morgan fingerprint density at radius 2 is 2.10 bits per heavy atom. The fourth-order valence-electron chi connectivity index (χ4n) is 1.47. The number of amides is 1. The number of hydrogen-bond donors (Lipinski definition) is 2. The van der Waals surface area contributed by atoms with Gasteiger partial charge in [-0.05, 0) is 24.7 Å². The minimum Gasteiger partial charge on any atom is -0.482 e. The van der Waals surface area contributed by atoms with E-state index in [0.717, 1.165) is 5.56 Å². The van der Waals surface area contributed by atoms with Gasteiger partial charge in [-0.2, -0.15) is 0 Å². The Balaban J connectivity index is 2.43. The zero-order valence-corrected chi connectivity index (χ0v) is 11.8. The molecule has 0 aliphatic carbocycles. The van der Waals surface area contributed by atoms with Crippen molar-refractivity contribution in [1.82, 2.24) is 10.6 Å². The number of hydrogen-bond acceptors (Lipinski definition) is 5. The van der Waals surface area contributed by atoms with Gasteiger partial charge in [-0.1, -0.05) is 12.1 Å². The molecule has 20 heavy (non-hydrogen) atoms. The summed E-state index contributed by atoms with van der Waals surface area (Å²) in [6.07, 6.45) is 0.440. The summed E-state index contributed by atoms with van der Waals surface area (Å²) in [5.74, 6) is 0.119. The molecule has 0 saturated carbocycles. The highest BCUT2D eigenvalue weighted by molar-refractivity contribution is 5.76. The van der Waals surface area contributed by atoms with Gasteiger partial charge in [0.2, 0.25) is 5.91 Å². The van der Waals surface area contributed by atoms with E-state index in [1.807, 2.05) is 12.1 Å². The molecule has 0 saturated heterocycles. The molecular weight excluding hydrogens is 260 g/mol. The van der Waals surface area contributed by atoms with E-state index in [0.29, 0.717) is 25.3 Å². The second kappa shape index (κ2) is 8.92. The largest absolute Gasteiger partial charge is 0.482 e. The van der Waals surface area contributed by atoms with Gasteiger partial charge in [0.1, 0.15) is 5.75 Å². The van der Waals surface area contributed by atoms with Crippen LogP contribution in [0, 0.1) is 0 Å². The van der Waals surface area contributed by atoms with E-state index < -0.39 is 5.97 Å². The molecule has 0 unspecified atom stereocenters. The lowest BCUT2D eigenvalue weighted by molar-refractivity contribution is -0.142. The number of esters is 1. The summed E-state index contributed by atoms with van der Waals surface area (Å²) in [7, 11) is 3.11. The van der Waals surface area contributed by atoms with Crippen molar-refractivity contribution in [2.45, 2.75) is 13.0 Å². The third kappa shape index (κ3) is 6.19. The van der Waals surface area contributed by atoms with Crippen molar-refractivity contribution in [1.29, 1.82) is 0 Å². The molecule has 0 atom stereocenters. The van der Waals surface area contributed by atoms with Crippen LogP contribution >= 0.6 is 0 Å². The predicted molar refractivity (Wildman–Crippen MR) is 74.3 cm³/mol. The molecule has 0 heterocycles. The Labute approximate surface area is 118 Å². The summed E-state index contributed by atoms with van der Waals surface area (Å²) in [6, 6.07) is 7.21. The van der Waals surface area contributed by atoms with E-state index in [1.54, 1.807) is 19.2 Å². The molecule has 0 aliphatic heterocycles. The molecular formula is C14H20N2O4. The number of carbonyl (C=O) groups excluding carboxylic acids is 2. The minimum atomic E-state index is -0.434. The molecule has 0 aromatic heterocycles. The monoisotopic (exact) mass is 280 g/mol. The van der Waals surface area contributed by atoms with Gasteiger partial charge < -0.3 is 20.1 Å². The molecule has 0 fully saturated rings. The summed E-state index contributed by atoms with van der Waals surface area (Å²) in [5.41, 5.74) is 0.908. The van der Waals surface area contributed by atoms with Gasteiger partial charge in [-0.3, -0.25) is 4.79 Å².